The number of ether oxygens (including phenoxy) is 1. The molecule has 1 saturated heterocycles. The fourth-order valence-corrected chi connectivity index (χ4v) is 4.63. The SMILES string of the molecule is Fc1ccc(C(OCC[NH+]2CC[NH+](CCCc3ccccc3)CC2)c2ccc(F)cc2)cc1. The minimum absolute atomic E-state index is 0.273. The summed E-state index contributed by atoms with van der Waals surface area (Å²) in [5.74, 6) is -0.546. The van der Waals surface area contributed by atoms with Crippen molar-refractivity contribution in [3.05, 3.63) is 107 Å². The molecule has 2 N–H and O–H groups in total. The van der Waals surface area contributed by atoms with E-state index in [4.69, 9.17) is 4.74 Å². The summed E-state index contributed by atoms with van der Waals surface area (Å²) in [6.07, 6.45) is 2.06. The first-order chi connectivity index (χ1) is 16.2. The molecule has 1 aliphatic heterocycles. The van der Waals surface area contributed by atoms with Gasteiger partial charge in [-0.25, -0.2) is 8.78 Å². The van der Waals surface area contributed by atoms with Crippen LogP contribution in [0.15, 0.2) is 78.9 Å². The summed E-state index contributed by atoms with van der Waals surface area (Å²) < 4.78 is 33.1. The average molecular weight is 453 g/mol. The first-order valence-corrected chi connectivity index (χ1v) is 12.0. The lowest BCUT2D eigenvalue weighted by Gasteiger charge is -2.30. The van der Waals surface area contributed by atoms with Crippen LogP contribution in [0.3, 0.4) is 0 Å². The summed E-state index contributed by atoms with van der Waals surface area (Å²) in [4.78, 5) is 3.27. The molecule has 5 heteroatoms. The molecule has 3 aromatic rings. The molecule has 1 heterocycles. The van der Waals surface area contributed by atoms with Crippen LogP contribution in [0.2, 0.25) is 0 Å². The molecule has 0 aromatic heterocycles. The fraction of sp³-hybridized carbons (Fsp3) is 0.357. The van der Waals surface area contributed by atoms with Gasteiger partial charge in [-0.2, -0.15) is 0 Å². The quantitative estimate of drug-likeness (QED) is 0.484. The van der Waals surface area contributed by atoms with Crippen molar-refractivity contribution >= 4 is 0 Å². The summed E-state index contributed by atoms with van der Waals surface area (Å²) in [5, 5.41) is 0. The zero-order valence-electron chi connectivity index (χ0n) is 19.1. The highest BCUT2D eigenvalue weighted by Crippen LogP contribution is 2.26. The van der Waals surface area contributed by atoms with Crippen LogP contribution in [-0.4, -0.2) is 45.9 Å². The van der Waals surface area contributed by atoms with Crippen molar-refractivity contribution in [2.45, 2.75) is 18.9 Å². The standard InChI is InChI=1S/C28H32F2N2O/c29-26-12-8-24(9-13-26)28(25-10-14-27(30)15-11-25)33-22-21-32-19-17-31(18-20-32)16-4-7-23-5-2-1-3-6-23/h1-3,5-6,8-15,28H,4,7,16-22H2/p+2. The zero-order chi connectivity index (χ0) is 22.9. The molecular weight excluding hydrogens is 418 g/mol. The highest BCUT2D eigenvalue weighted by molar-refractivity contribution is 5.30. The number of piperazine rings is 1. The molecule has 0 amide bonds. The minimum atomic E-state index is -0.324. The fourth-order valence-electron chi connectivity index (χ4n) is 4.63. The lowest BCUT2D eigenvalue weighted by Crippen LogP contribution is -3.28. The van der Waals surface area contributed by atoms with Crippen molar-refractivity contribution < 1.29 is 23.3 Å². The van der Waals surface area contributed by atoms with Crippen LogP contribution in [0.1, 0.15) is 29.2 Å². The van der Waals surface area contributed by atoms with Gasteiger partial charge in [0.15, 0.2) is 0 Å². The van der Waals surface area contributed by atoms with Crippen LogP contribution in [0, 0.1) is 11.6 Å². The van der Waals surface area contributed by atoms with E-state index in [1.165, 1.54) is 55.9 Å². The van der Waals surface area contributed by atoms with Crippen LogP contribution in [0.5, 0.6) is 0 Å². The third kappa shape index (κ3) is 7.19. The van der Waals surface area contributed by atoms with E-state index in [0.29, 0.717) is 6.61 Å². The van der Waals surface area contributed by atoms with Crippen LogP contribution < -0.4 is 9.80 Å². The van der Waals surface area contributed by atoms with E-state index < -0.39 is 0 Å². The predicted octanol–water partition coefficient (Wildman–Crippen LogP) is 2.49. The Bertz CT molecular complexity index is 910. The maximum absolute atomic E-state index is 13.4. The second-order valence-electron chi connectivity index (χ2n) is 8.94. The second-order valence-corrected chi connectivity index (χ2v) is 8.94. The summed E-state index contributed by atoms with van der Waals surface area (Å²) in [6.45, 7) is 7.49. The van der Waals surface area contributed by atoms with Gasteiger partial charge in [-0.05, 0) is 47.4 Å². The molecule has 174 valence electrons. The van der Waals surface area contributed by atoms with E-state index in [2.05, 4.69) is 30.3 Å². The monoisotopic (exact) mass is 452 g/mol. The van der Waals surface area contributed by atoms with E-state index in [1.807, 2.05) is 0 Å². The Morgan fingerprint density at radius 2 is 1.18 bits per heavy atom. The first kappa shape index (κ1) is 23.6. The molecule has 0 spiro atoms. The summed E-state index contributed by atoms with van der Waals surface area (Å²) in [5.41, 5.74) is 3.19. The molecule has 0 bridgehead atoms. The molecule has 0 aliphatic carbocycles. The third-order valence-electron chi connectivity index (χ3n) is 6.59. The highest BCUT2D eigenvalue weighted by atomic mass is 19.1. The smallest absolute Gasteiger partial charge is 0.127 e. The van der Waals surface area contributed by atoms with Crippen LogP contribution >= 0.6 is 0 Å². The molecule has 0 radical (unpaired) electrons. The molecule has 1 aliphatic rings. The van der Waals surface area contributed by atoms with Gasteiger partial charge in [0.2, 0.25) is 0 Å². The number of hydrogen-bond donors (Lipinski definition) is 2. The summed E-state index contributed by atoms with van der Waals surface area (Å²) in [6, 6.07) is 23.5. The molecule has 33 heavy (non-hydrogen) atoms. The molecule has 1 fully saturated rings. The Morgan fingerprint density at radius 3 is 1.73 bits per heavy atom. The van der Waals surface area contributed by atoms with Crippen molar-refractivity contribution in [1.29, 1.82) is 0 Å². The minimum Gasteiger partial charge on any atom is -0.363 e. The van der Waals surface area contributed by atoms with E-state index in [9.17, 15) is 8.78 Å². The molecule has 3 aromatic carbocycles. The number of aryl methyl sites for hydroxylation is 1. The predicted molar refractivity (Wildman–Crippen MR) is 126 cm³/mol. The van der Waals surface area contributed by atoms with Crippen LogP contribution in [0.25, 0.3) is 0 Å². The van der Waals surface area contributed by atoms with Gasteiger partial charge in [0.1, 0.15) is 50.5 Å². The van der Waals surface area contributed by atoms with Crippen molar-refractivity contribution in [3.63, 3.8) is 0 Å². The van der Waals surface area contributed by atoms with Gasteiger partial charge in [-0.1, -0.05) is 54.6 Å². The van der Waals surface area contributed by atoms with Crippen molar-refractivity contribution in [2.24, 2.45) is 0 Å². The molecule has 0 atom stereocenters. The second kappa shape index (κ2) is 12.0. The number of halogens is 2. The topological polar surface area (TPSA) is 18.1 Å². The summed E-state index contributed by atoms with van der Waals surface area (Å²) in [7, 11) is 0. The Morgan fingerprint density at radius 1 is 0.667 bits per heavy atom. The van der Waals surface area contributed by atoms with Crippen molar-refractivity contribution in [2.75, 3.05) is 45.9 Å². The van der Waals surface area contributed by atoms with Crippen molar-refractivity contribution in [1.82, 2.24) is 0 Å². The lowest BCUT2D eigenvalue weighted by atomic mass is 10.0. The number of nitrogens with one attached hydrogen (secondary N) is 2. The Balaban J connectivity index is 1.22. The maximum atomic E-state index is 13.4. The number of rotatable bonds is 10. The van der Waals surface area contributed by atoms with Gasteiger partial charge in [0, 0.05) is 6.42 Å². The van der Waals surface area contributed by atoms with Crippen molar-refractivity contribution in [3.8, 4) is 0 Å². The van der Waals surface area contributed by atoms with Gasteiger partial charge in [0.25, 0.3) is 0 Å². The van der Waals surface area contributed by atoms with Crippen LogP contribution in [-0.2, 0) is 11.2 Å². The normalized spacial score (nSPS) is 18.5. The van der Waals surface area contributed by atoms with Gasteiger partial charge in [0.05, 0.1) is 13.2 Å². The molecule has 4 rings (SSSR count). The molecule has 0 unspecified atom stereocenters. The number of hydrogen-bond acceptors (Lipinski definition) is 1. The molecule has 3 nitrogen and oxygen atoms in total. The van der Waals surface area contributed by atoms with Gasteiger partial charge >= 0.3 is 0 Å². The number of benzene rings is 3. The molecular formula is C28H34F2N2O+2. The zero-order valence-corrected chi connectivity index (χ0v) is 19.1. The van der Waals surface area contributed by atoms with E-state index >= 15 is 0 Å². The molecule has 0 saturated carbocycles. The Hall–Kier alpha value is -2.60. The van der Waals surface area contributed by atoms with Gasteiger partial charge < -0.3 is 14.5 Å². The third-order valence-corrected chi connectivity index (χ3v) is 6.59. The van der Waals surface area contributed by atoms with Crippen LogP contribution in [0.4, 0.5) is 8.78 Å². The largest absolute Gasteiger partial charge is 0.363 e. The lowest BCUT2D eigenvalue weighted by molar-refractivity contribution is -1.01. The average Bonchev–Trinajstić information content (AvgIpc) is 2.85. The highest BCUT2D eigenvalue weighted by Gasteiger charge is 2.23. The Kier molecular flexibility index (Phi) is 8.59. The Labute approximate surface area is 195 Å². The number of quaternary nitrogens is 2. The summed E-state index contributed by atoms with van der Waals surface area (Å²) >= 11 is 0. The van der Waals surface area contributed by atoms with E-state index in [1.54, 1.807) is 34.1 Å². The van der Waals surface area contributed by atoms with E-state index in [-0.39, 0.29) is 17.7 Å². The van der Waals surface area contributed by atoms with Gasteiger partial charge in [-0.3, -0.25) is 0 Å². The maximum Gasteiger partial charge on any atom is 0.127 e. The van der Waals surface area contributed by atoms with E-state index in [0.717, 1.165) is 37.2 Å². The van der Waals surface area contributed by atoms with Gasteiger partial charge in [-0.15, -0.1) is 0 Å². The first-order valence-electron chi connectivity index (χ1n) is 12.0.